The van der Waals surface area contributed by atoms with Gasteiger partial charge in [-0.2, -0.15) is 0 Å². The number of aromatic nitrogens is 2. The van der Waals surface area contributed by atoms with Crippen LogP contribution in [0.25, 0.3) is 11.4 Å². The Hall–Kier alpha value is -2.73. The smallest absolute Gasteiger partial charge is 0.330 e. The normalized spacial score (nSPS) is 14.3. The van der Waals surface area contributed by atoms with Crippen LogP contribution in [-0.4, -0.2) is 35.3 Å². The first kappa shape index (κ1) is 22.0. The second kappa shape index (κ2) is 12.1. The van der Waals surface area contributed by atoms with E-state index >= 15 is 0 Å². The van der Waals surface area contributed by atoms with E-state index in [1.165, 1.54) is 37.7 Å². The summed E-state index contributed by atoms with van der Waals surface area (Å²) < 4.78 is 16.6. The molecule has 1 aromatic heterocycles. The van der Waals surface area contributed by atoms with Crippen LogP contribution in [0.2, 0.25) is 0 Å². The zero-order chi connectivity index (χ0) is 21.0. The summed E-state index contributed by atoms with van der Waals surface area (Å²) in [5.74, 6) is 0.891. The van der Waals surface area contributed by atoms with E-state index in [1.807, 2.05) is 12.1 Å². The van der Waals surface area contributed by atoms with Crippen molar-refractivity contribution in [2.75, 3.05) is 13.2 Å². The van der Waals surface area contributed by atoms with E-state index in [-0.39, 0.29) is 0 Å². The van der Waals surface area contributed by atoms with Gasteiger partial charge in [0.25, 0.3) is 0 Å². The molecule has 30 heavy (non-hydrogen) atoms. The molecule has 6 heteroatoms. The Kier molecular flexibility index (Phi) is 8.84. The number of carbonyl (C=O) groups is 1. The fourth-order valence-corrected chi connectivity index (χ4v) is 3.36. The van der Waals surface area contributed by atoms with Crippen molar-refractivity contribution in [3.05, 3.63) is 54.9 Å². The summed E-state index contributed by atoms with van der Waals surface area (Å²) in [4.78, 5) is 19.7. The van der Waals surface area contributed by atoms with Gasteiger partial charge in [0, 0.05) is 11.6 Å². The second-order valence-electron chi connectivity index (χ2n) is 7.44. The highest BCUT2D eigenvalue weighted by molar-refractivity contribution is 5.81. The number of benzene rings is 1. The topological polar surface area (TPSA) is 70.5 Å². The molecule has 6 nitrogen and oxygen atoms in total. The van der Waals surface area contributed by atoms with E-state index < -0.39 is 5.97 Å². The number of unbranched alkanes of at least 4 members (excludes halogenated alkanes) is 1. The van der Waals surface area contributed by atoms with Gasteiger partial charge in [-0.15, -0.1) is 0 Å². The van der Waals surface area contributed by atoms with Crippen LogP contribution in [0.15, 0.2) is 49.3 Å². The average molecular weight is 411 g/mol. The SMILES string of the molecule is C=CC(=O)OCCCCOc1cnc(-c2ccc(COC3CCCCC3)cc2)nc1. The zero-order valence-corrected chi connectivity index (χ0v) is 17.4. The second-order valence-corrected chi connectivity index (χ2v) is 7.44. The van der Waals surface area contributed by atoms with Crippen LogP contribution in [-0.2, 0) is 20.9 Å². The summed E-state index contributed by atoms with van der Waals surface area (Å²) in [6, 6.07) is 8.20. The van der Waals surface area contributed by atoms with Crippen molar-refractivity contribution in [1.29, 1.82) is 0 Å². The molecule has 0 aliphatic heterocycles. The summed E-state index contributed by atoms with van der Waals surface area (Å²) in [6.45, 7) is 4.90. The first-order chi connectivity index (χ1) is 14.7. The molecule has 0 radical (unpaired) electrons. The number of carbonyl (C=O) groups excluding carboxylic acids is 1. The van der Waals surface area contributed by atoms with Crippen molar-refractivity contribution < 1.29 is 19.0 Å². The third-order valence-corrected chi connectivity index (χ3v) is 5.10. The molecule has 160 valence electrons. The molecular weight excluding hydrogens is 380 g/mol. The molecule has 3 rings (SSSR count). The summed E-state index contributed by atoms with van der Waals surface area (Å²) in [5, 5.41) is 0. The minimum absolute atomic E-state index is 0.366. The molecule has 0 unspecified atom stereocenters. The number of rotatable bonds is 11. The first-order valence-corrected chi connectivity index (χ1v) is 10.7. The van der Waals surface area contributed by atoms with Crippen LogP contribution in [0.3, 0.4) is 0 Å². The Morgan fingerprint density at radius 3 is 2.43 bits per heavy atom. The third kappa shape index (κ3) is 7.26. The van der Waals surface area contributed by atoms with Gasteiger partial charge in [-0.05, 0) is 31.2 Å². The molecule has 1 fully saturated rings. The molecule has 0 spiro atoms. The quantitative estimate of drug-likeness (QED) is 0.299. The van der Waals surface area contributed by atoms with Crippen molar-refractivity contribution in [1.82, 2.24) is 9.97 Å². The van der Waals surface area contributed by atoms with Crippen molar-refractivity contribution in [2.45, 2.75) is 57.7 Å². The molecule has 0 N–H and O–H groups in total. The number of esters is 1. The maximum atomic E-state index is 10.9. The van der Waals surface area contributed by atoms with Gasteiger partial charge in [-0.1, -0.05) is 50.1 Å². The molecule has 1 aliphatic carbocycles. The summed E-state index contributed by atoms with van der Waals surface area (Å²) in [7, 11) is 0. The molecule has 2 aromatic rings. The third-order valence-electron chi connectivity index (χ3n) is 5.10. The molecule has 0 bridgehead atoms. The molecule has 0 saturated heterocycles. The van der Waals surface area contributed by atoms with Gasteiger partial charge in [0.15, 0.2) is 11.6 Å². The Labute approximate surface area is 178 Å². The summed E-state index contributed by atoms with van der Waals surface area (Å²) >= 11 is 0. The zero-order valence-electron chi connectivity index (χ0n) is 17.4. The van der Waals surface area contributed by atoms with E-state index in [9.17, 15) is 4.79 Å². The van der Waals surface area contributed by atoms with Gasteiger partial charge in [0.2, 0.25) is 0 Å². The number of hydrogen-bond acceptors (Lipinski definition) is 6. The number of nitrogens with zero attached hydrogens (tertiary/aromatic N) is 2. The van der Waals surface area contributed by atoms with Crippen LogP contribution >= 0.6 is 0 Å². The molecule has 1 aliphatic rings. The van der Waals surface area contributed by atoms with E-state index in [0.29, 0.717) is 37.5 Å². The lowest BCUT2D eigenvalue weighted by molar-refractivity contribution is -0.137. The Balaban J connectivity index is 1.39. The van der Waals surface area contributed by atoms with Gasteiger partial charge in [0.1, 0.15) is 0 Å². The van der Waals surface area contributed by atoms with Crippen LogP contribution in [0.1, 0.15) is 50.5 Å². The monoisotopic (exact) mass is 410 g/mol. The van der Waals surface area contributed by atoms with Crippen molar-refractivity contribution in [2.24, 2.45) is 0 Å². The highest BCUT2D eigenvalue weighted by Crippen LogP contribution is 2.22. The van der Waals surface area contributed by atoms with Crippen molar-refractivity contribution in [3.8, 4) is 17.1 Å². The fraction of sp³-hybridized carbons (Fsp3) is 0.458. The van der Waals surface area contributed by atoms with Gasteiger partial charge < -0.3 is 14.2 Å². The molecule has 1 saturated carbocycles. The Morgan fingerprint density at radius 1 is 1.03 bits per heavy atom. The van der Waals surface area contributed by atoms with Crippen molar-refractivity contribution in [3.63, 3.8) is 0 Å². The lowest BCUT2D eigenvalue weighted by atomic mass is 9.98. The van der Waals surface area contributed by atoms with Gasteiger partial charge in [0.05, 0.1) is 38.3 Å². The van der Waals surface area contributed by atoms with E-state index in [1.54, 1.807) is 12.4 Å². The van der Waals surface area contributed by atoms with Gasteiger partial charge in [-0.3, -0.25) is 0 Å². The predicted molar refractivity (Wildman–Crippen MR) is 115 cm³/mol. The lowest BCUT2D eigenvalue weighted by Crippen LogP contribution is -2.16. The number of hydrogen-bond donors (Lipinski definition) is 0. The van der Waals surface area contributed by atoms with E-state index in [4.69, 9.17) is 14.2 Å². The van der Waals surface area contributed by atoms with Crippen LogP contribution in [0.5, 0.6) is 5.75 Å². The predicted octanol–water partition coefficient (Wildman–Crippen LogP) is 4.88. The lowest BCUT2D eigenvalue weighted by Gasteiger charge is -2.22. The van der Waals surface area contributed by atoms with Crippen LogP contribution in [0.4, 0.5) is 0 Å². The average Bonchev–Trinajstić information content (AvgIpc) is 2.81. The van der Waals surface area contributed by atoms with Gasteiger partial charge in [-0.25, -0.2) is 14.8 Å². The summed E-state index contributed by atoms with van der Waals surface area (Å²) in [5.41, 5.74) is 2.13. The maximum absolute atomic E-state index is 10.9. The Bertz CT molecular complexity index is 784. The Morgan fingerprint density at radius 2 is 1.73 bits per heavy atom. The molecule has 0 atom stereocenters. The van der Waals surface area contributed by atoms with E-state index in [2.05, 4.69) is 28.7 Å². The standard InChI is InChI=1S/C24H30N2O4/c1-2-23(27)29-15-7-6-14-28-22-16-25-24(26-17-22)20-12-10-19(11-13-20)18-30-21-8-4-3-5-9-21/h2,10-13,16-17,21H,1,3-9,14-15,18H2. The molecule has 0 amide bonds. The molecular formula is C24H30N2O4. The maximum Gasteiger partial charge on any atom is 0.330 e. The highest BCUT2D eigenvalue weighted by atomic mass is 16.5. The molecule has 1 heterocycles. The van der Waals surface area contributed by atoms with Crippen LogP contribution in [0, 0.1) is 0 Å². The largest absolute Gasteiger partial charge is 0.490 e. The van der Waals surface area contributed by atoms with Gasteiger partial charge >= 0.3 is 5.97 Å². The minimum Gasteiger partial charge on any atom is -0.490 e. The minimum atomic E-state index is -0.398. The first-order valence-electron chi connectivity index (χ1n) is 10.7. The fourth-order valence-electron chi connectivity index (χ4n) is 3.36. The van der Waals surface area contributed by atoms with Crippen molar-refractivity contribution >= 4 is 5.97 Å². The summed E-state index contributed by atoms with van der Waals surface area (Å²) in [6.07, 6.45) is 12.7. The molecule has 1 aromatic carbocycles. The number of ether oxygens (including phenoxy) is 3. The van der Waals surface area contributed by atoms with Crippen LogP contribution < -0.4 is 4.74 Å². The van der Waals surface area contributed by atoms with E-state index in [0.717, 1.165) is 24.5 Å². The highest BCUT2D eigenvalue weighted by Gasteiger charge is 2.13.